The predicted octanol–water partition coefficient (Wildman–Crippen LogP) is 3.36. The average molecular weight is 221 g/mol. The summed E-state index contributed by atoms with van der Waals surface area (Å²) in [6, 6.07) is 11.0. The van der Waals surface area contributed by atoms with Gasteiger partial charge in [0.15, 0.2) is 0 Å². The van der Waals surface area contributed by atoms with Gasteiger partial charge in [0, 0.05) is 0 Å². The van der Waals surface area contributed by atoms with Crippen LogP contribution in [-0.4, -0.2) is 11.2 Å². The van der Waals surface area contributed by atoms with E-state index >= 15 is 0 Å². The predicted molar refractivity (Wildman–Crippen MR) is 64.5 cm³/mol. The van der Waals surface area contributed by atoms with Gasteiger partial charge in [-0.15, -0.1) is 0 Å². The topological polar surface area (TPSA) is 63.3 Å². The molecular formula is C13H19NO2. The third-order valence-electron chi connectivity index (χ3n) is 2.88. The van der Waals surface area contributed by atoms with Crippen molar-refractivity contribution in [1.29, 1.82) is 0 Å². The van der Waals surface area contributed by atoms with E-state index in [1.54, 1.807) is 5.56 Å². The molecule has 88 valence electrons. The zero-order chi connectivity index (χ0) is 11.8. The van der Waals surface area contributed by atoms with Gasteiger partial charge in [0.2, 0.25) is 0 Å². The summed E-state index contributed by atoms with van der Waals surface area (Å²) in [5.41, 5.74) is 5.58. The molecule has 1 aromatic carbocycles. The van der Waals surface area contributed by atoms with Crippen LogP contribution in [-0.2, 0) is 0 Å². The second kappa shape index (κ2) is 6.88. The molecule has 0 heterocycles. The molecule has 3 heteroatoms. The van der Waals surface area contributed by atoms with Crippen LogP contribution in [0.2, 0.25) is 0 Å². The lowest BCUT2D eigenvalue weighted by atomic mass is 9.84. The molecule has 3 N–H and O–H groups in total. The summed E-state index contributed by atoms with van der Waals surface area (Å²) >= 11 is 0. The van der Waals surface area contributed by atoms with Gasteiger partial charge in [-0.05, 0) is 24.3 Å². The minimum atomic E-state index is -1.33. The van der Waals surface area contributed by atoms with Crippen molar-refractivity contribution in [3.63, 3.8) is 0 Å². The van der Waals surface area contributed by atoms with Gasteiger partial charge in [-0.25, -0.2) is 4.79 Å². The minimum Gasteiger partial charge on any atom is -0.465 e. The van der Waals surface area contributed by atoms with Gasteiger partial charge in [0.1, 0.15) is 0 Å². The number of nitrogens with two attached hydrogens (primary N) is 1. The summed E-state index contributed by atoms with van der Waals surface area (Å²) in [5, 5.41) is 7.19. The normalized spacial score (nSPS) is 16.0. The number of rotatable bonds is 1. The number of carboxylic acid groups (broad SMARTS) is 1. The summed E-state index contributed by atoms with van der Waals surface area (Å²) in [6.45, 7) is 0. The van der Waals surface area contributed by atoms with Crippen molar-refractivity contribution in [1.82, 2.24) is 0 Å². The Morgan fingerprint density at radius 3 is 2.12 bits per heavy atom. The van der Waals surface area contributed by atoms with Crippen LogP contribution in [0.1, 0.15) is 43.6 Å². The molecule has 3 nitrogen and oxygen atoms in total. The lowest BCUT2D eigenvalue weighted by Gasteiger charge is -2.21. The maximum Gasteiger partial charge on any atom is 0.402 e. The fourth-order valence-electron chi connectivity index (χ4n) is 2.16. The highest BCUT2D eigenvalue weighted by atomic mass is 16.4. The second-order valence-corrected chi connectivity index (χ2v) is 4.08. The van der Waals surface area contributed by atoms with Crippen LogP contribution in [0.4, 0.5) is 4.79 Å². The van der Waals surface area contributed by atoms with Crippen LogP contribution in [0.25, 0.3) is 0 Å². The van der Waals surface area contributed by atoms with E-state index in [-0.39, 0.29) is 0 Å². The molecule has 1 aliphatic rings. The third kappa shape index (κ3) is 4.82. The molecule has 0 bridgehead atoms. The van der Waals surface area contributed by atoms with Gasteiger partial charge in [0.25, 0.3) is 0 Å². The number of hydrogen-bond acceptors (Lipinski definition) is 1. The number of primary amides is 1. The maximum atomic E-state index is 8.78. The fourth-order valence-corrected chi connectivity index (χ4v) is 2.16. The Kier molecular flexibility index (Phi) is 5.40. The Morgan fingerprint density at radius 2 is 1.62 bits per heavy atom. The van der Waals surface area contributed by atoms with Crippen molar-refractivity contribution in [2.24, 2.45) is 5.73 Å². The first kappa shape index (κ1) is 12.6. The van der Waals surface area contributed by atoms with Crippen LogP contribution in [0.5, 0.6) is 0 Å². The van der Waals surface area contributed by atoms with E-state index in [0.29, 0.717) is 0 Å². The van der Waals surface area contributed by atoms with Crippen molar-refractivity contribution in [2.75, 3.05) is 0 Å². The molecule has 0 aliphatic heterocycles. The number of amides is 1. The summed E-state index contributed by atoms with van der Waals surface area (Å²) in [6.07, 6.45) is 5.79. The summed E-state index contributed by atoms with van der Waals surface area (Å²) in [7, 11) is 0. The van der Waals surface area contributed by atoms with Gasteiger partial charge in [0.05, 0.1) is 0 Å². The molecule has 1 amide bonds. The first-order valence-corrected chi connectivity index (χ1v) is 5.73. The maximum absolute atomic E-state index is 8.78. The zero-order valence-corrected chi connectivity index (χ0v) is 9.43. The molecule has 1 fully saturated rings. The largest absolute Gasteiger partial charge is 0.465 e. The minimum absolute atomic E-state index is 0.861. The van der Waals surface area contributed by atoms with E-state index < -0.39 is 6.09 Å². The lowest BCUT2D eigenvalue weighted by molar-refractivity contribution is 0.205. The summed E-state index contributed by atoms with van der Waals surface area (Å²) in [5.74, 6) is 0.861. The van der Waals surface area contributed by atoms with Crippen LogP contribution in [0.3, 0.4) is 0 Å². The highest BCUT2D eigenvalue weighted by Gasteiger charge is 2.14. The molecule has 0 unspecified atom stereocenters. The van der Waals surface area contributed by atoms with E-state index in [2.05, 4.69) is 36.1 Å². The number of hydrogen-bond donors (Lipinski definition) is 2. The molecular weight excluding hydrogens is 202 g/mol. The molecule has 0 aromatic heterocycles. The number of benzene rings is 1. The Hall–Kier alpha value is -1.51. The molecule has 0 atom stereocenters. The molecule has 1 saturated carbocycles. The fraction of sp³-hybridized carbons (Fsp3) is 0.462. The van der Waals surface area contributed by atoms with Gasteiger partial charge in [-0.2, -0.15) is 0 Å². The van der Waals surface area contributed by atoms with Crippen molar-refractivity contribution >= 4 is 6.09 Å². The van der Waals surface area contributed by atoms with Crippen molar-refractivity contribution < 1.29 is 9.90 Å². The van der Waals surface area contributed by atoms with Crippen LogP contribution >= 0.6 is 0 Å². The zero-order valence-electron chi connectivity index (χ0n) is 9.43. The third-order valence-corrected chi connectivity index (χ3v) is 2.88. The van der Waals surface area contributed by atoms with Crippen LogP contribution in [0, 0.1) is 0 Å². The number of carbonyl (C=O) groups is 1. The van der Waals surface area contributed by atoms with E-state index in [1.807, 2.05) is 0 Å². The lowest BCUT2D eigenvalue weighted by Crippen LogP contribution is -2.03. The second-order valence-electron chi connectivity index (χ2n) is 4.08. The first-order chi connectivity index (χ1) is 7.70. The molecule has 2 rings (SSSR count). The molecule has 1 aliphatic carbocycles. The van der Waals surface area contributed by atoms with Gasteiger partial charge >= 0.3 is 6.09 Å². The molecule has 0 radical (unpaired) electrons. The van der Waals surface area contributed by atoms with Crippen molar-refractivity contribution in [3.05, 3.63) is 35.9 Å². The van der Waals surface area contributed by atoms with E-state index in [4.69, 9.17) is 9.90 Å². The van der Waals surface area contributed by atoms with Crippen LogP contribution < -0.4 is 5.73 Å². The van der Waals surface area contributed by atoms with Crippen LogP contribution in [0.15, 0.2) is 30.3 Å². The molecule has 1 aromatic rings. The Morgan fingerprint density at radius 1 is 1.12 bits per heavy atom. The van der Waals surface area contributed by atoms with Gasteiger partial charge in [-0.1, -0.05) is 49.6 Å². The smallest absolute Gasteiger partial charge is 0.402 e. The average Bonchev–Trinajstić information content (AvgIpc) is 2.31. The first-order valence-electron chi connectivity index (χ1n) is 5.73. The van der Waals surface area contributed by atoms with E-state index in [1.165, 1.54) is 32.1 Å². The standard InChI is InChI=1S/C12H16.CH3NO2/c1-3-7-11(8-4-1)12-9-5-2-6-10-12;2-1(3)4/h1,3-4,7-8,12H,2,5-6,9-10H2;2H2,(H,3,4). The van der Waals surface area contributed by atoms with E-state index in [0.717, 1.165) is 5.92 Å². The van der Waals surface area contributed by atoms with Crippen molar-refractivity contribution in [2.45, 2.75) is 38.0 Å². The highest BCUT2D eigenvalue weighted by molar-refractivity contribution is 5.61. The summed E-state index contributed by atoms with van der Waals surface area (Å²) < 4.78 is 0. The Balaban J connectivity index is 0.000000280. The van der Waals surface area contributed by atoms with Gasteiger partial charge in [-0.3, -0.25) is 0 Å². The molecule has 16 heavy (non-hydrogen) atoms. The monoisotopic (exact) mass is 221 g/mol. The SMILES string of the molecule is NC(=O)O.c1ccc(C2CCCCC2)cc1. The Bertz CT molecular complexity index is 301. The van der Waals surface area contributed by atoms with Gasteiger partial charge < -0.3 is 10.8 Å². The highest BCUT2D eigenvalue weighted by Crippen LogP contribution is 2.31. The Labute approximate surface area is 96.3 Å². The molecule has 0 saturated heterocycles. The molecule has 0 spiro atoms. The van der Waals surface area contributed by atoms with E-state index in [9.17, 15) is 0 Å². The quantitative estimate of drug-likeness (QED) is 0.763. The summed E-state index contributed by atoms with van der Waals surface area (Å²) in [4.78, 5) is 8.78. The van der Waals surface area contributed by atoms with Crippen molar-refractivity contribution in [3.8, 4) is 0 Å².